The summed E-state index contributed by atoms with van der Waals surface area (Å²) < 4.78 is 25.1. The number of aromatic nitrogens is 1. The van der Waals surface area contributed by atoms with Crippen molar-refractivity contribution in [3.8, 4) is 0 Å². The Kier molecular flexibility index (Phi) is 6.22. The average molecular weight is 433 g/mol. The molecule has 10 nitrogen and oxygen atoms in total. The second-order valence-corrected chi connectivity index (χ2v) is 8.90. The van der Waals surface area contributed by atoms with Crippen LogP contribution >= 0.6 is 0 Å². The monoisotopic (exact) mass is 433 g/mol. The number of carbonyl (C=O) groups excluding carboxylic acids is 2. The van der Waals surface area contributed by atoms with Crippen LogP contribution in [0.2, 0.25) is 0 Å². The minimum atomic E-state index is -3.51. The lowest BCUT2D eigenvalue weighted by atomic mass is 10.2. The molecule has 0 spiro atoms. The van der Waals surface area contributed by atoms with Crippen LogP contribution < -0.4 is 20.4 Å². The van der Waals surface area contributed by atoms with Crippen LogP contribution in [0.3, 0.4) is 0 Å². The zero-order valence-electron chi connectivity index (χ0n) is 16.8. The molecule has 1 aromatic carbocycles. The fourth-order valence-electron chi connectivity index (χ4n) is 2.71. The molecule has 1 aliphatic rings. The lowest BCUT2D eigenvalue weighted by Gasteiger charge is -2.21. The largest absolute Gasteiger partial charge is 0.353 e. The van der Waals surface area contributed by atoms with Crippen LogP contribution in [-0.4, -0.2) is 45.6 Å². The number of carbonyl (C=O) groups is 2. The van der Waals surface area contributed by atoms with E-state index in [0.29, 0.717) is 17.1 Å². The number of rotatable bonds is 8. The second-order valence-electron chi connectivity index (χ2n) is 6.89. The molecule has 0 saturated heterocycles. The molecule has 160 valence electrons. The highest BCUT2D eigenvalue weighted by atomic mass is 32.2. The van der Waals surface area contributed by atoms with Gasteiger partial charge in [0.2, 0.25) is 15.9 Å². The van der Waals surface area contributed by atoms with Crippen molar-refractivity contribution in [2.45, 2.75) is 12.8 Å². The summed E-state index contributed by atoms with van der Waals surface area (Å²) in [5, 5.41) is 5.81. The molecule has 30 heavy (non-hydrogen) atoms. The van der Waals surface area contributed by atoms with E-state index in [9.17, 15) is 18.0 Å². The third-order valence-electron chi connectivity index (χ3n) is 4.55. The lowest BCUT2D eigenvalue weighted by Crippen LogP contribution is -2.26. The highest BCUT2D eigenvalue weighted by molar-refractivity contribution is 7.92. The number of nitrogens with one attached hydrogen (secondary N) is 3. The Bertz CT molecular complexity index is 1070. The quantitative estimate of drug-likeness (QED) is 0.542. The normalized spacial score (nSPS) is 13.4. The van der Waals surface area contributed by atoms with E-state index >= 15 is 0 Å². The molecule has 1 heterocycles. The Hall–Kier alpha value is -3.18. The minimum absolute atomic E-state index is 0.0104. The number of hydrogen-bond donors (Lipinski definition) is 3. The summed E-state index contributed by atoms with van der Waals surface area (Å²) >= 11 is 0. The van der Waals surface area contributed by atoms with Gasteiger partial charge in [0.05, 0.1) is 36.0 Å². The van der Waals surface area contributed by atoms with Crippen LogP contribution in [0.1, 0.15) is 23.2 Å². The summed E-state index contributed by atoms with van der Waals surface area (Å²) in [6.07, 6.45) is 4.09. The molecule has 2 amide bonds. The van der Waals surface area contributed by atoms with Gasteiger partial charge in [-0.25, -0.2) is 18.9 Å². The standard InChI is InChI=1S/C19H23N5O5S/c1-24(30(3,27)28)16-7-5-4-6-14(16)21-15-10-17(22-18(25)12-8-9-12)20-11-13(15)19(26)23-29-2/h4-7,10-12H,8-9H2,1-3H3,(H,23,26)(H2,20,21,22,25). The molecule has 0 aliphatic heterocycles. The Morgan fingerprint density at radius 1 is 1.20 bits per heavy atom. The maximum absolute atomic E-state index is 12.4. The van der Waals surface area contributed by atoms with Crippen LogP contribution in [-0.2, 0) is 19.7 Å². The van der Waals surface area contributed by atoms with Gasteiger partial charge >= 0.3 is 0 Å². The van der Waals surface area contributed by atoms with Gasteiger partial charge in [-0.3, -0.25) is 18.7 Å². The number of sulfonamides is 1. The van der Waals surface area contributed by atoms with E-state index in [4.69, 9.17) is 4.84 Å². The van der Waals surface area contributed by atoms with E-state index < -0.39 is 15.9 Å². The van der Waals surface area contributed by atoms with Gasteiger partial charge in [0, 0.05) is 25.2 Å². The van der Waals surface area contributed by atoms with E-state index in [2.05, 4.69) is 21.1 Å². The molecule has 1 aliphatic carbocycles. The third kappa shape index (κ3) is 5.05. The molecule has 1 fully saturated rings. The predicted molar refractivity (Wildman–Crippen MR) is 113 cm³/mol. The van der Waals surface area contributed by atoms with E-state index in [1.807, 2.05) is 0 Å². The summed E-state index contributed by atoms with van der Waals surface area (Å²) in [4.78, 5) is 33.3. The molecule has 11 heteroatoms. The van der Waals surface area contributed by atoms with Crippen LogP contribution in [0, 0.1) is 5.92 Å². The summed E-state index contributed by atoms with van der Waals surface area (Å²) in [6, 6.07) is 8.26. The predicted octanol–water partition coefficient (Wildman–Crippen LogP) is 1.86. The van der Waals surface area contributed by atoms with Gasteiger partial charge in [-0.05, 0) is 25.0 Å². The van der Waals surface area contributed by atoms with Crippen molar-refractivity contribution in [3.63, 3.8) is 0 Å². The molecular formula is C19H23N5O5S. The number of anilines is 4. The smallest absolute Gasteiger partial charge is 0.278 e. The van der Waals surface area contributed by atoms with Crippen molar-refractivity contribution >= 4 is 44.7 Å². The Morgan fingerprint density at radius 3 is 2.53 bits per heavy atom. The Morgan fingerprint density at radius 2 is 1.90 bits per heavy atom. The van der Waals surface area contributed by atoms with Crippen LogP contribution in [0.15, 0.2) is 36.5 Å². The Labute approximate surface area is 174 Å². The molecule has 0 bridgehead atoms. The first-order chi connectivity index (χ1) is 14.2. The number of hydroxylamine groups is 1. The van der Waals surface area contributed by atoms with Gasteiger partial charge in [-0.1, -0.05) is 12.1 Å². The minimum Gasteiger partial charge on any atom is -0.353 e. The number of nitrogens with zero attached hydrogens (tertiary/aromatic N) is 2. The number of para-hydroxylation sites is 2. The van der Waals surface area contributed by atoms with Gasteiger partial charge < -0.3 is 10.6 Å². The molecular weight excluding hydrogens is 410 g/mol. The van der Waals surface area contributed by atoms with Gasteiger partial charge in [-0.2, -0.15) is 0 Å². The number of pyridine rings is 1. The first-order valence-corrected chi connectivity index (χ1v) is 11.0. The molecule has 0 atom stereocenters. The molecule has 1 saturated carbocycles. The molecule has 3 N–H and O–H groups in total. The van der Waals surface area contributed by atoms with Gasteiger partial charge in [0.15, 0.2) is 0 Å². The fourth-order valence-corrected chi connectivity index (χ4v) is 3.22. The zero-order chi connectivity index (χ0) is 21.9. The Balaban J connectivity index is 1.98. The van der Waals surface area contributed by atoms with Crippen molar-refractivity contribution in [2.24, 2.45) is 5.92 Å². The molecule has 0 unspecified atom stereocenters. The first-order valence-electron chi connectivity index (χ1n) is 9.15. The summed E-state index contributed by atoms with van der Waals surface area (Å²) in [5.74, 6) is -0.414. The van der Waals surface area contributed by atoms with Gasteiger partial charge in [0.25, 0.3) is 5.91 Å². The maximum atomic E-state index is 12.4. The van der Waals surface area contributed by atoms with Gasteiger partial charge in [-0.15, -0.1) is 0 Å². The molecule has 1 aromatic heterocycles. The third-order valence-corrected chi connectivity index (χ3v) is 5.74. The van der Waals surface area contributed by atoms with Gasteiger partial charge in [0.1, 0.15) is 5.82 Å². The number of benzene rings is 1. The fraction of sp³-hybridized carbons (Fsp3) is 0.316. The molecule has 3 rings (SSSR count). The summed E-state index contributed by atoms with van der Waals surface area (Å²) in [7, 11) is -0.770. The SMILES string of the molecule is CONC(=O)c1cnc(NC(=O)C2CC2)cc1Nc1ccccc1N(C)S(C)(=O)=O. The molecule has 0 radical (unpaired) electrons. The average Bonchev–Trinajstić information content (AvgIpc) is 3.53. The first kappa shape index (κ1) is 21.5. The van der Waals surface area contributed by atoms with Crippen molar-refractivity contribution in [1.29, 1.82) is 0 Å². The summed E-state index contributed by atoms with van der Waals surface area (Å²) in [6.45, 7) is 0. The highest BCUT2D eigenvalue weighted by Crippen LogP contribution is 2.33. The molecule has 2 aromatic rings. The highest BCUT2D eigenvalue weighted by Gasteiger charge is 2.30. The zero-order valence-corrected chi connectivity index (χ0v) is 17.6. The van der Waals surface area contributed by atoms with E-state index in [-0.39, 0.29) is 23.2 Å². The number of hydrogen-bond acceptors (Lipinski definition) is 7. The second kappa shape index (κ2) is 8.67. The van der Waals surface area contributed by atoms with Crippen molar-refractivity contribution in [1.82, 2.24) is 10.5 Å². The van der Waals surface area contributed by atoms with Crippen molar-refractivity contribution < 1.29 is 22.8 Å². The van der Waals surface area contributed by atoms with Crippen LogP contribution in [0.25, 0.3) is 0 Å². The summed E-state index contributed by atoms with van der Waals surface area (Å²) in [5.41, 5.74) is 3.53. The topological polar surface area (TPSA) is 130 Å². The number of amides is 2. The van der Waals surface area contributed by atoms with Crippen molar-refractivity contribution in [2.75, 3.05) is 35.4 Å². The van der Waals surface area contributed by atoms with E-state index in [0.717, 1.165) is 23.4 Å². The lowest BCUT2D eigenvalue weighted by molar-refractivity contribution is -0.117. The van der Waals surface area contributed by atoms with E-state index in [1.54, 1.807) is 24.3 Å². The van der Waals surface area contributed by atoms with Crippen molar-refractivity contribution in [3.05, 3.63) is 42.1 Å². The van der Waals surface area contributed by atoms with E-state index in [1.165, 1.54) is 26.4 Å². The van der Waals surface area contributed by atoms with Crippen LogP contribution in [0.5, 0.6) is 0 Å². The van der Waals surface area contributed by atoms with Crippen LogP contribution in [0.4, 0.5) is 22.9 Å². The maximum Gasteiger partial charge on any atom is 0.278 e.